The lowest BCUT2D eigenvalue weighted by Crippen LogP contribution is -2.49. The smallest absolute Gasteiger partial charge is 0.0724 e. The summed E-state index contributed by atoms with van der Waals surface area (Å²) in [7, 11) is 0. The van der Waals surface area contributed by atoms with Crippen LogP contribution in [0, 0.1) is 0 Å². The summed E-state index contributed by atoms with van der Waals surface area (Å²) in [5, 5.41) is 3.80. The number of anilines is 1. The van der Waals surface area contributed by atoms with Crippen LogP contribution in [-0.2, 0) is 0 Å². The number of rotatable bonds is 8. The molecule has 23 heavy (non-hydrogen) atoms. The third kappa shape index (κ3) is 5.82. The van der Waals surface area contributed by atoms with E-state index in [1.54, 1.807) is 0 Å². The third-order valence-corrected chi connectivity index (χ3v) is 4.96. The summed E-state index contributed by atoms with van der Waals surface area (Å²) in [5.41, 5.74) is 1.31. The number of hydrogen-bond donors (Lipinski definition) is 1. The van der Waals surface area contributed by atoms with Gasteiger partial charge in [-0.25, -0.2) is 0 Å². The predicted molar refractivity (Wildman–Crippen MR) is 101 cm³/mol. The van der Waals surface area contributed by atoms with Gasteiger partial charge in [0.1, 0.15) is 0 Å². The van der Waals surface area contributed by atoms with E-state index in [1.165, 1.54) is 37.8 Å². The molecule has 0 aliphatic heterocycles. The Kier molecular flexibility index (Phi) is 7.38. The zero-order chi connectivity index (χ0) is 16.7. The SMILES string of the molecule is CC(C)N(CN(CNC1CCCCC1)c1ccccc1)C(C)C. The summed E-state index contributed by atoms with van der Waals surface area (Å²) in [5.74, 6) is 0. The predicted octanol–water partition coefficient (Wildman–Crippen LogP) is 4.45. The number of hydrogen-bond acceptors (Lipinski definition) is 3. The zero-order valence-electron chi connectivity index (χ0n) is 15.5. The van der Waals surface area contributed by atoms with Gasteiger partial charge in [-0.1, -0.05) is 37.5 Å². The van der Waals surface area contributed by atoms with Crippen molar-refractivity contribution in [3.05, 3.63) is 30.3 Å². The maximum atomic E-state index is 3.80. The fourth-order valence-electron chi connectivity index (χ4n) is 3.53. The second-order valence-corrected chi connectivity index (χ2v) is 7.42. The molecule has 1 fully saturated rings. The van der Waals surface area contributed by atoms with Crippen LogP contribution in [0.4, 0.5) is 5.69 Å². The molecule has 1 aromatic carbocycles. The maximum Gasteiger partial charge on any atom is 0.0724 e. The largest absolute Gasteiger partial charge is 0.346 e. The molecule has 0 heterocycles. The summed E-state index contributed by atoms with van der Waals surface area (Å²) < 4.78 is 0. The summed E-state index contributed by atoms with van der Waals surface area (Å²) in [4.78, 5) is 5.03. The van der Waals surface area contributed by atoms with Gasteiger partial charge in [0.05, 0.1) is 13.3 Å². The van der Waals surface area contributed by atoms with E-state index in [1.807, 2.05) is 0 Å². The third-order valence-electron chi connectivity index (χ3n) is 4.96. The molecule has 0 radical (unpaired) electrons. The molecule has 1 saturated carbocycles. The van der Waals surface area contributed by atoms with Crippen LogP contribution in [0.3, 0.4) is 0 Å². The highest BCUT2D eigenvalue weighted by Crippen LogP contribution is 2.19. The molecule has 0 aromatic heterocycles. The van der Waals surface area contributed by atoms with Crippen molar-refractivity contribution < 1.29 is 0 Å². The quantitative estimate of drug-likeness (QED) is 0.715. The van der Waals surface area contributed by atoms with E-state index in [2.05, 4.69) is 73.1 Å². The minimum atomic E-state index is 0.552. The minimum Gasteiger partial charge on any atom is -0.346 e. The van der Waals surface area contributed by atoms with Crippen molar-refractivity contribution in [1.82, 2.24) is 10.2 Å². The second kappa shape index (κ2) is 9.29. The first-order chi connectivity index (χ1) is 11.1. The van der Waals surface area contributed by atoms with E-state index < -0.39 is 0 Å². The molecule has 0 saturated heterocycles. The van der Waals surface area contributed by atoms with E-state index in [0.717, 1.165) is 13.3 Å². The van der Waals surface area contributed by atoms with Crippen molar-refractivity contribution in [2.24, 2.45) is 0 Å². The lowest BCUT2D eigenvalue weighted by atomic mass is 9.96. The highest BCUT2D eigenvalue weighted by atomic mass is 15.4. The Morgan fingerprint density at radius 3 is 2.13 bits per heavy atom. The standard InChI is InChI=1S/C20H35N3/c1-17(2)23(18(3)4)16-22(20-13-9-6-10-14-20)15-21-19-11-7-5-8-12-19/h6,9-10,13-14,17-19,21H,5,7-8,11-12,15-16H2,1-4H3. The van der Waals surface area contributed by atoms with Gasteiger partial charge in [-0.2, -0.15) is 0 Å². The molecule has 0 amide bonds. The molecule has 0 atom stereocenters. The Bertz CT molecular complexity index is 416. The van der Waals surface area contributed by atoms with Crippen LogP contribution in [-0.4, -0.2) is 36.4 Å². The van der Waals surface area contributed by atoms with E-state index in [-0.39, 0.29) is 0 Å². The van der Waals surface area contributed by atoms with Gasteiger partial charge >= 0.3 is 0 Å². The van der Waals surface area contributed by atoms with Gasteiger partial charge in [0.2, 0.25) is 0 Å². The molecule has 2 rings (SSSR count). The highest BCUT2D eigenvalue weighted by Gasteiger charge is 2.19. The molecule has 1 aliphatic rings. The van der Waals surface area contributed by atoms with Crippen molar-refractivity contribution in [3.63, 3.8) is 0 Å². The average Bonchev–Trinajstić information content (AvgIpc) is 2.56. The molecule has 1 aromatic rings. The normalized spacial score (nSPS) is 16.5. The molecule has 130 valence electrons. The van der Waals surface area contributed by atoms with Gasteiger partial charge in [0, 0.05) is 23.8 Å². The first-order valence-corrected chi connectivity index (χ1v) is 9.37. The molecule has 0 spiro atoms. The molecular formula is C20H35N3. The topological polar surface area (TPSA) is 18.5 Å². The average molecular weight is 318 g/mol. The summed E-state index contributed by atoms with van der Waals surface area (Å²) in [6.45, 7) is 11.1. The Labute approximate surface area is 143 Å². The first kappa shape index (κ1) is 18.3. The van der Waals surface area contributed by atoms with Crippen LogP contribution in [0.2, 0.25) is 0 Å². The zero-order valence-corrected chi connectivity index (χ0v) is 15.5. The van der Waals surface area contributed by atoms with Gasteiger partial charge < -0.3 is 4.90 Å². The Balaban J connectivity index is 2.02. The van der Waals surface area contributed by atoms with Gasteiger partial charge in [-0.05, 0) is 52.7 Å². The fraction of sp³-hybridized carbons (Fsp3) is 0.700. The van der Waals surface area contributed by atoms with Crippen LogP contribution in [0.1, 0.15) is 59.8 Å². The summed E-state index contributed by atoms with van der Waals surface area (Å²) in [6.07, 6.45) is 6.84. The molecule has 3 heteroatoms. The van der Waals surface area contributed by atoms with E-state index in [4.69, 9.17) is 0 Å². The van der Waals surface area contributed by atoms with Gasteiger partial charge in [0.25, 0.3) is 0 Å². The number of para-hydroxylation sites is 1. The molecule has 0 unspecified atom stereocenters. The lowest BCUT2D eigenvalue weighted by molar-refractivity contribution is 0.172. The van der Waals surface area contributed by atoms with Gasteiger partial charge in [-0.15, -0.1) is 0 Å². The number of benzene rings is 1. The van der Waals surface area contributed by atoms with Crippen LogP contribution < -0.4 is 10.2 Å². The fourth-order valence-corrected chi connectivity index (χ4v) is 3.53. The van der Waals surface area contributed by atoms with Crippen molar-refractivity contribution in [2.45, 2.75) is 77.9 Å². The monoisotopic (exact) mass is 317 g/mol. The summed E-state index contributed by atoms with van der Waals surface area (Å²) >= 11 is 0. The van der Waals surface area contributed by atoms with Crippen molar-refractivity contribution in [1.29, 1.82) is 0 Å². The van der Waals surface area contributed by atoms with Crippen molar-refractivity contribution in [2.75, 3.05) is 18.2 Å². The van der Waals surface area contributed by atoms with Crippen LogP contribution in [0.25, 0.3) is 0 Å². The molecule has 3 nitrogen and oxygen atoms in total. The highest BCUT2D eigenvalue weighted by molar-refractivity contribution is 5.45. The van der Waals surface area contributed by atoms with Gasteiger partial charge in [-0.3, -0.25) is 10.2 Å². The molecular weight excluding hydrogens is 282 g/mol. The van der Waals surface area contributed by atoms with E-state index in [9.17, 15) is 0 Å². The van der Waals surface area contributed by atoms with Crippen molar-refractivity contribution >= 4 is 5.69 Å². The van der Waals surface area contributed by atoms with Crippen LogP contribution in [0.15, 0.2) is 30.3 Å². The van der Waals surface area contributed by atoms with E-state index in [0.29, 0.717) is 18.1 Å². The number of nitrogens with zero attached hydrogens (tertiary/aromatic N) is 2. The van der Waals surface area contributed by atoms with Gasteiger partial charge in [0.15, 0.2) is 0 Å². The number of nitrogens with one attached hydrogen (secondary N) is 1. The molecule has 1 N–H and O–H groups in total. The minimum absolute atomic E-state index is 0.552. The Morgan fingerprint density at radius 2 is 1.57 bits per heavy atom. The van der Waals surface area contributed by atoms with Crippen LogP contribution >= 0.6 is 0 Å². The van der Waals surface area contributed by atoms with Crippen LogP contribution in [0.5, 0.6) is 0 Å². The Morgan fingerprint density at radius 1 is 0.957 bits per heavy atom. The first-order valence-electron chi connectivity index (χ1n) is 9.37. The molecule has 1 aliphatic carbocycles. The maximum absolute atomic E-state index is 3.80. The van der Waals surface area contributed by atoms with Crippen molar-refractivity contribution in [3.8, 4) is 0 Å². The second-order valence-electron chi connectivity index (χ2n) is 7.42. The summed E-state index contributed by atoms with van der Waals surface area (Å²) in [6, 6.07) is 12.6. The lowest BCUT2D eigenvalue weighted by Gasteiger charge is -2.38. The molecule has 0 bridgehead atoms. The Hall–Kier alpha value is -1.06. The van der Waals surface area contributed by atoms with E-state index >= 15 is 0 Å².